The maximum Gasteiger partial charge on any atom is 0.319 e. The Kier molecular flexibility index (Phi) is 28.1. The minimum absolute atomic E-state index is 0.0353. The molecule has 0 rings (SSSR count). The number of carbonyl (C=O) groups excluding carboxylic acids is 4. The van der Waals surface area contributed by atoms with Crippen molar-refractivity contribution < 1.29 is 54.2 Å². The largest absolute Gasteiger partial charge is 0.468 e. The number of nitrogens with one attached hydrogen (secondary N) is 5. The Balaban J connectivity index is 5.86. The third-order valence-electron chi connectivity index (χ3n) is 8.82. The number of methoxy groups -OCH3 is 2. The fourth-order valence-electron chi connectivity index (χ4n) is 5.59. The molecule has 0 fully saturated rings. The molecule has 0 aromatic heterocycles. The van der Waals surface area contributed by atoms with Crippen LogP contribution in [0.1, 0.15) is 65.7 Å². The van der Waals surface area contributed by atoms with E-state index in [1.807, 2.05) is 20.8 Å². The summed E-state index contributed by atoms with van der Waals surface area (Å²) in [6.45, 7) is 7.82. The van der Waals surface area contributed by atoms with Crippen LogP contribution in [0.15, 0.2) is 12.3 Å². The van der Waals surface area contributed by atoms with Gasteiger partial charge in [0.1, 0.15) is 24.9 Å². The molecule has 0 aliphatic carbocycles. The molecule has 20 heteroatoms. The number of ether oxygens (including phenoxy) is 2. The van der Waals surface area contributed by atoms with Gasteiger partial charge in [-0.3, -0.25) is 40.0 Å². The van der Waals surface area contributed by atoms with E-state index in [1.54, 1.807) is 0 Å². The van der Waals surface area contributed by atoms with Crippen LogP contribution in [0.4, 0.5) is 0 Å². The average molecular weight is 794 g/mol. The summed E-state index contributed by atoms with van der Waals surface area (Å²) >= 11 is 0. The molecule has 20 nitrogen and oxygen atoms in total. The molecule has 0 aromatic rings. The molecule has 7 unspecified atom stereocenters. The van der Waals surface area contributed by atoms with Crippen LogP contribution in [0.25, 0.3) is 0 Å². The van der Waals surface area contributed by atoms with Crippen molar-refractivity contribution in [2.75, 3.05) is 79.7 Å². The predicted octanol–water partition coefficient (Wildman–Crippen LogP) is -4.06. The van der Waals surface area contributed by atoms with Gasteiger partial charge in [0.2, 0.25) is 5.91 Å². The Morgan fingerprint density at radius 2 is 1.51 bits per heavy atom. The highest BCUT2D eigenvalue weighted by molar-refractivity contribution is 5.91. The van der Waals surface area contributed by atoms with Crippen LogP contribution in [0.3, 0.4) is 0 Å². The van der Waals surface area contributed by atoms with Crippen LogP contribution in [-0.2, 0) is 28.7 Å². The van der Waals surface area contributed by atoms with Gasteiger partial charge in [-0.05, 0) is 19.3 Å². The molecule has 0 aliphatic heterocycles. The summed E-state index contributed by atoms with van der Waals surface area (Å²) in [5, 5.41) is 64.7. The first-order chi connectivity index (χ1) is 26.0. The van der Waals surface area contributed by atoms with Gasteiger partial charge in [0.15, 0.2) is 17.9 Å². The van der Waals surface area contributed by atoms with Crippen molar-refractivity contribution in [2.45, 2.75) is 108 Å². The Morgan fingerprint density at radius 1 is 0.836 bits per heavy atom. The Morgan fingerprint density at radius 3 is 2.07 bits per heavy atom. The number of carbonyl (C=O) groups is 4. The third-order valence-corrected chi connectivity index (χ3v) is 8.82. The van der Waals surface area contributed by atoms with Crippen molar-refractivity contribution in [3.05, 3.63) is 12.3 Å². The summed E-state index contributed by atoms with van der Waals surface area (Å²) in [6.07, 6.45) is -2.08. The second-order valence-corrected chi connectivity index (χ2v) is 13.5. The van der Waals surface area contributed by atoms with E-state index in [9.17, 15) is 44.7 Å². The zero-order valence-electron chi connectivity index (χ0n) is 33.4. The van der Waals surface area contributed by atoms with E-state index in [0.29, 0.717) is 44.2 Å². The Bertz CT molecular complexity index is 1120. The average Bonchev–Trinajstić information content (AvgIpc) is 3.16. The molecular formula is C35H71N9O11. The minimum atomic E-state index is -1.37. The fraction of sp³-hybridized carbons (Fsp3) is 0.829. The summed E-state index contributed by atoms with van der Waals surface area (Å²) in [6, 6.07) is -0.725. The summed E-state index contributed by atoms with van der Waals surface area (Å²) in [4.78, 5) is 55.5. The number of hydrogen-bond donors (Lipinski definition) is 12. The molecule has 0 radical (unpaired) electrons. The third kappa shape index (κ3) is 22.0. The lowest BCUT2D eigenvalue weighted by Gasteiger charge is -2.37. The van der Waals surface area contributed by atoms with Gasteiger partial charge >= 0.3 is 5.97 Å². The SMILES string of the molecule is C=C(CNC(CCC)(CCCC)C(=O)CN(CC(=O)OC)C(O)CNC(O)CN)NCC(=O)N(CC(=O)C(CCC)NCC(O)NCC(N)O)CC(O)OC. The number of nitrogens with two attached hydrogens (primary N) is 2. The number of ketones is 2. The molecule has 1 amide bonds. The molecule has 0 spiro atoms. The molecule has 14 N–H and O–H groups in total. The lowest BCUT2D eigenvalue weighted by atomic mass is 9.83. The monoisotopic (exact) mass is 794 g/mol. The van der Waals surface area contributed by atoms with Gasteiger partial charge in [-0.25, -0.2) is 0 Å². The first kappa shape index (κ1) is 52.3. The number of rotatable bonds is 35. The van der Waals surface area contributed by atoms with E-state index < -0.39 is 54.7 Å². The van der Waals surface area contributed by atoms with Crippen LogP contribution in [0.2, 0.25) is 0 Å². The number of aliphatic hydroxyl groups is 5. The van der Waals surface area contributed by atoms with E-state index in [4.69, 9.17) is 20.9 Å². The summed E-state index contributed by atoms with van der Waals surface area (Å²) < 4.78 is 9.72. The van der Waals surface area contributed by atoms with Gasteiger partial charge in [0, 0.05) is 45.5 Å². The fourth-order valence-corrected chi connectivity index (χ4v) is 5.59. The second-order valence-electron chi connectivity index (χ2n) is 13.5. The lowest BCUT2D eigenvalue weighted by molar-refractivity contribution is -0.146. The first-order valence-electron chi connectivity index (χ1n) is 18.9. The van der Waals surface area contributed by atoms with Crippen LogP contribution in [0.5, 0.6) is 0 Å². The molecule has 0 heterocycles. The molecule has 0 aromatic carbocycles. The maximum absolute atomic E-state index is 14.1. The van der Waals surface area contributed by atoms with Crippen molar-refractivity contribution in [3.8, 4) is 0 Å². The smallest absolute Gasteiger partial charge is 0.319 e. The van der Waals surface area contributed by atoms with E-state index in [0.717, 1.165) is 11.3 Å². The van der Waals surface area contributed by atoms with Gasteiger partial charge in [0.05, 0.1) is 51.4 Å². The van der Waals surface area contributed by atoms with Crippen molar-refractivity contribution in [3.63, 3.8) is 0 Å². The van der Waals surface area contributed by atoms with Crippen LogP contribution >= 0.6 is 0 Å². The zero-order valence-corrected chi connectivity index (χ0v) is 33.4. The topological polar surface area (TPSA) is 307 Å². The van der Waals surface area contributed by atoms with E-state index in [1.165, 1.54) is 19.1 Å². The van der Waals surface area contributed by atoms with Crippen molar-refractivity contribution in [2.24, 2.45) is 11.5 Å². The van der Waals surface area contributed by atoms with Gasteiger partial charge in [-0.15, -0.1) is 0 Å². The second kappa shape index (κ2) is 29.5. The van der Waals surface area contributed by atoms with Crippen molar-refractivity contribution in [1.82, 2.24) is 36.4 Å². The first-order valence-corrected chi connectivity index (χ1v) is 18.9. The van der Waals surface area contributed by atoms with E-state index >= 15 is 0 Å². The molecular weight excluding hydrogens is 722 g/mol. The zero-order chi connectivity index (χ0) is 42.0. The van der Waals surface area contributed by atoms with Crippen molar-refractivity contribution >= 4 is 23.4 Å². The molecule has 0 aliphatic rings. The van der Waals surface area contributed by atoms with E-state index in [2.05, 4.69) is 33.2 Å². The quantitative estimate of drug-likeness (QED) is 0.0215. The highest BCUT2D eigenvalue weighted by atomic mass is 16.6. The summed E-state index contributed by atoms with van der Waals surface area (Å²) in [7, 11) is 2.46. The number of unbranched alkanes of at least 4 members (excludes halogenated alkanes) is 1. The molecule has 55 heavy (non-hydrogen) atoms. The normalized spacial score (nSPS) is 16.0. The number of nitrogens with zero attached hydrogens (tertiary/aromatic N) is 2. The lowest BCUT2D eigenvalue weighted by Crippen LogP contribution is -2.58. The molecule has 7 atom stereocenters. The van der Waals surface area contributed by atoms with Crippen LogP contribution in [-0.4, -0.2) is 181 Å². The van der Waals surface area contributed by atoms with Crippen LogP contribution < -0.4 is 38.1 Å². The number of amides is 1. The van der Waals surface area contributed by atoms with Crippen LogP contribution in [0, 0.1) is 0 Å². The summed E-state index contributed by atoms with van der Waals surface area (Å²) in [5.74, 6) is -1.86. The van der Waals surface area contributed by atoms with Gasteiger partial charge in [0.25, 0.3) is 0 Å². The Labute approximate surface area is 325 Å². The highest BCUT2D eigenvalue weighted by Gasteiger charge is 2.38. The predicted molar refractivity (Wildman–Crippen MR) is 205 cm³/mol. The number of Topliss-reactive ketones (excluding diaryl/α,β-unsaturated/α-hetero) is 2. The minimum Gasteiger partial charge on any atom is -0.468 e. The standard InChI is InChI=1S/C35H71N9O11/c1-7-10-13-35(12-9-3,27(46)21-44(23-34(53)55-6)32(51)19-41-29(48)14-36)42-15-24(4)38-18-31(50)43(22-33(52)54-5)20-26(45)25(11-8-2)39-17-30(49)40-16-28(37)47/h25,28-30,32-33,38-42,47-49,51-52H,4,7-23,36-37H2,1-3,5-6H3. The molecule has 0 saturated heterocycles. The molecule has 0 bridgehead atoms. The van der Waals surface area contributed by atoms with E-state index in [-0.39, 0.29) is 77.0 Å². The van der Waals surface area contributed by atoms with Gasteiger partial charge in [-0.1, -0.05) is 53.0 Å². The Hall–Kier alpha value is -2.70. The summed E-state index contributed by atoms with van der Waals surface area (Å²) in [5.41, 5.74) is 9.99. The number of aliphatic hydroxyl groups excluding tert-OH is 5. The number of hydrogen-bond acceptors (Lipinski definition) is 19. The van der Waals surface area contributed by atoms with Gasteiger partial charge in [-0.2, -0.15) is 0 Å². The highest BCUT2D eigenvalue weighted by Crippen LogP contribution is 2.23. The van der Waals surface area contributed by atoms with Gasteiger partial charge < -0.3 is 62.0 Å². The molecule has 322 valence electrons. The molecule has 0 saturated carbocycles. The van der Waals surface area contributed by atoms with Crippen molar-refractivity contribution in [1.29, 1.82) is 0 Å². The maximum atomic E-state index is 14.1. The number of esters is 1.